The minimum atomic E-state index is -0.885. The van der Waals surface area contributed by atoms with Crippen LogP contribution in [-0.4, -0.2) is 48.8 Å². The third-order valence-corrected chi connectivity index (χ3v) is 2.85. The van der Waals surface area contributed by atoms with E-state index in [1.54, 1.807) is 0 Å². The summed E-state index contributed by atoms with van der Waals surface area (Å²) in [6.45, 7) is 9.89. The Kier molecular flexibility index (Phi) is 4.78. The zero-order valence-electron chi connectivity index (χ0n) is 9.24. The van der Waals surface area contributed by atoms with Gasteiger partial charge >= 0.3 is 5.97 Å². The van der Waals surface area contributed by atoms with Gasteiger partial charge in [0.2, 0.25) is 0 Å². The average molecular weight is 213 g/mol. The summed E-state index contributed by atoms with van der Waals surface area (Å²) in [4.78, 5) is 13.0. The Hall–Kier alpha value is -0.870. The fraction of sp³-hybridized carbons (Fsp3) is 0.727. The SMILES string of the molecule is C=C(C(=O)O)C(C)CCN1CCOCC1. The maximum atomic E-state index is 10.7. The van der Waals surface area contributed by atoms with Gasteiger partial charge < -0.3 is 9.84 Å². The van der Waals surface area contributed by atoms with E-state index in [4.69, 9.17) is 9.84 Å². The first-order valence-corrected chi connectivity index (χ1v) is 5.33. The molecule has 0 bridgehead atoms. The highest BCUT2D eigenvalue weighted by atomic mass is 16.5. The molecule has 86 valence electrons. The average Bonchev–Trinajstić information content (AvgIpc) is 2.26. The summed E-state index contributed by atoms with van der Waals surface area (Å²) in [6, 6.07) is 0. The van der Waals surface area contributed by atoms with Gasteiger partial charge in [-0.3, -0.25) is 4.90 Å². The topological polar surface area (TPSA) is 49.8 Å². The van der Waals surface area contributed by atoms with Crippen LogP contribution in [0.4, 0.5) is 0 Å². The number of hydrogen-bond acceptors (Lipinski definition) is 3. The molecule has 15 heavy (non-hydrogen) atoms. The predicted molar refractivity (Wildman–Crippen MR) is 57.8 cm³/mol. The quantitative estimate of drug-likeness (QED) is 0.692. The standard InChI is InChI=1S/C11H19NO3/c1-9(10(2)11(13)14)3-4-12-5-7-15-8-6-12/h9H,2-8H2,1H3,(H,13,14). The van der Waals surface area contributed by atoms with Crippen molar-refractivity contribution in [1.29, 1.82) is 0 Å². The molecule has 0 saturated carbocycles. The molecular weight excluding hydrogens is 194 g/mol. The molecule has 1 N–H and O–H groups in total. The molecule has 0 radical (unpaired) electrons. The monoisotopic (exact) mass is 213 g/mol. The first kappa shape index (κ1) is 12.2. The molecule has 0 amide bonds. The summed E-state index contributed by atoms with van der Waals surface area (Å²) in [6.07, 6.45) is 0.852. The van der Waals surface area contributed by atoms with Crippen LogP contribution >= 0.6 is 0 Å². The van der Waals surface area contributed by atoms with E-state index < -0.39 is 5.97 Å². The smallest absolute Gasteiger partial charge is 0.331 e. The number of hydrogen-bond donors (Lipinski definition) is 1. The summed E-state index contributed by atoms with van der Waals surface area (Å²) in [5, 5.41) is 8.76. The molecule has 0 aliphatic carbocycles. The third kappa shape index (κ3) is 4.01. The zero-order chi connectivity index (χ0) is 11.3. The van der Waals surface area contributed by atoms with Crippen LogP contribution in [0.1, 0.15) is 13.3 Å². The summed E-state index contributed by atoms with van der Waals surface area (Å²) in [7, 11) is 0. The van der Waals surface area contributed by atoms with Gasteiger partial charge in [0.1, 0.15) is 0 Å². The highest BCUT2D eigenvalue weighted by molar-refractivity contribution is 5.86. The van der Waals surface area contributed by atoms with Crippen molar-refractivity contribution in [2.75, 3.05) is 32.8 Å². The van der Waals surface area contributed by atoms with Crippen molar-refractivity contribution in [3.63, 3.8) is 0 Å². The van der Waals surface area contributed by atoms with E-state index >= 15 is 0 Å². The van der Waals surface area contributed by atoms with Crippen LogP contribution in [0.5, 0.6) is 0 Å². The van der Waals surface area contributed by atoms with E-state index in [-0.39, 0.29) is 5.92 Å². The Labute approximate surface area is 90.5 Å². The molecule has 4 heteroatoms. The number of ether oxygens (including phenoxy) is 1. The molecule has 0 spiro atoms. The molecule has 1 atom stereocenters. The molecule has 0 aromatic rings. The summed E-state index contributed by atoms with van der Waals surface area (Å²) >= 11 is 0. The Morgan fingerprint density at radius 2 is 2.13 bits per heavy atom. The van der Waals surface area contributed by atoms with Gasteiger partial charge in [0.25, 0.3) is 0 Å². The first-order chi connectivity index (χ1) is 7.11. The number of aliphatic carboxylic acids is 1. The minimum Gasteiger partial charge on any atom is -0.478 e. The van der Waals surface area contributed by atoms with E-state index in [1.165, 1.54) is 0 Å². The molecule has 1 unspecified atom stereocenters. The molecule has 4 nitrogen and oxygen atoms in total. The summed E-state index contributed by atoms with van der Waals surface area (Å²) in [5.41, 5.74) is 0.309. The minimum absolute atomic E-state index is 0.0466. The maximum Gasteiger partial charge on any atom is 0.331 e. The van der Waals surface area contributed by atoms with Crippen LogP contribution in [0.3, 0.4) is 0 Å². The van der Waals surface area contributed by atoms with Gasteiger partial charge in [0.15, 0.2) is 0 Å². The lowest BCUT2D eigenvalue weighted by molar-refractivity contribution is -0.133. The number of carboxylic acid groups (broad SMARTS) is 1. The molecular formula is C11H19NO3. The number of nitrogens with zero attached hydrogens (tertiary/aromatic N) is 1. The largest absolute Gasteiger partial charge is 0.478 e. The van der Waals surface area contributed by atoms with Crippen molar-refractivity contribution in [1.82, 2.24) is 4.90 Å². The Bertz CT molecular complexity index is 234. The van der Waals surface area contributed by atoms with Gasteiger partial charge in [-0.15, -0.1) is 0 Å². The van der Waals surface area contributed by atoms with E-state index in [0.29, 0.717) is 5.57 Å². The van der Waals surface area contributed by atoms with Crippen molar-refractivity contribution >= 4 is 5.97 Å². The lowest BCUT2D eigenvalue weighted by Crippen LogP contribution is -2.37. The van der Waals surface area contributed by atoms with Crippen LogP contribution in [0.25, 0.3) is 0 Å². The van der Waals surface area contributed by atoms with E-state index in [1.807, 2.05) is 6.92 Å². The fourth-order valence-corrected chi connectivity index (χ4v) is 1.59. The van der Waals surface area contributed by atoms with Gasteiger partial charge in [-0.1, -0.05) is 13.5 Å². The van der Waals surface area contributed by atoms with Gasteiger partial charge in [-0.25, -0.2) is 4.79 Å². The van der Waals surface area contributed by atoms with E-state index in [2.05, 4.69) is 11.5 Å². The maximum absolute atomic E-state index is 10.7. The Morgan fingerprint density at radius 1 is 1.53 bits per heavy atom. The van der Waals surface area contributed by atoms with Gasteiger partial charge in [0.05, 0.1) is 13.2 Å². The van der Waals surface area contributed by atoms with Gasteiger partial charge in [-0.05, 0) is 18.9 Å². The van der Waals surface area contributed by atoms with Gasteiger partial charge in [-0.2, -0.15) is 0 Å². The van der Waals surface area contributed by atoms with Gasteiger partial charge in [0, 0.05) is 18.7 Å². The van der Waals surface area contributed by atoms with Crippen LogP contribution in [-0.2, 0) is 9.53 Å². The normalized spacial score (nSPS) is 19.8. The molecule has 1 heterocycles. The Morgan fingerprint density at radius 3 is 2.67 bits per heavy atom. The molecule has 1 aliphatic rings. The highest BCUT2D eigenvalue weighted by Crippen LogP contribution is 2.14. The number of carbonyl (C=O) groups is 1. The molecule has 1 rings (SSSR count). The zero-order valence-corrected chi connectivity index (χ0v) is 9.24. The van der Waals surface area contributed by atoms with Crippen molar-refractivity contribution in [2.24, 2.45) is 5.92 Å². The molecule has 1 fully saturated rings. The lowest BCUT2D eigenvalue weighted by Gasteiger charge is -2.27. The van der Waals surface area contributed by atoms with Crippen molar-refractivity contribution in [3.8, 4) is 0 Å². The van der Waals surface area contributed by atoms with Crippen molar-refractivity contribution in [3.05, 3.63) is 12.2 Å². The lowest BCUT2D eigenvalue weighted by atomic mass is 9.99. The summed E-state index contributed by atoms with van der Waals surface area (Å²) < 4.78 is 5.24. The van der Waals surface area contributed by atoms with Crippen molar-refractivity contribution < 1.29 is 14.6 Å². The Balaban J connectivity index is 2.23. The van der Waals surface area contributed by atoms with Crippen molar-refractivity contribution in [2.45, 2.75) is 13.3 Å². The third-order valence-electron chi connectivity index (χ3n) is 2.85. The second-order valence-electron chi connectivity index (χ2n) is 3.97. The molecule has 0 aromatic carbocycles. The first-order valence-electron chi connectivity index (χ1n) is 5.33. The van der Waals surface area contributed by atoms with Crippen LogP contribution in [0.2, 0.25) is 0 Å². The second-order valence-corrected chi connectivity index (χ2v) is 3.97. The number of morpholine rings is 1. The molecule has 1 saturated heterocycles. The summed E-state index contributed by atoms with van der Waals surface area (Å²) in [5.74, 6) is -0.838. The second kappa shape index (κ2) is 5.88. The molecule has 0 aromatic heterocycles. The van der Waals surface area contributed by atoms with E-state index in [0.717, 1.165) is 39.3 Å². The van der Waals surface area contributed by atoms with Crippen LogP contribution < -0.4 is 0 Å². The fourth-order valence-electron chi connectivity index (χ4n) is 1.59. The molecule has 1 aliphatic heterocycles. The van der Waals surface area contributed by atoms with E-state index in [9.17, 15) is 4.79 Å². The predicted octanol–water partition coefficient (Wildman–Crippen LogP) is 0.986. The van der Waals surface area contributed by atoms with Crippen LogP contribution in [0, 0.1) is 5.92 Å². The van der Waals surface area contributed by atoms with Crippen LogP contribution in [0.15, 0.2) is 12.2 Å². The number of carboxylic acids is 1. The highest BCUT2D eigenvalue weighted by Gasteiger charge is 2.16. The number of rotatable bonds is 5.